The van der Waals surface area contributed by atoms with Crippen molar-refractivity contribution in [2.45, 2.75) is 19.8 Å². The fourth-order valence-corrected chi connectivity index (χ4v) is 3.63. The van der Waals surface area contributed by atoms with Gasteiger partial charge in [-0.25, -0.2) is 9.78 Å². The third-order valence-electron chi connectivity index (χ3n) is 4.29. The Bertz CT molecular complexity index is 1110. The molecule has 4 rings (SSSR count). The van der Waals surface area contributed by atoms with Gasteiger partial charge < -0.3 is 9.15 Å². The second kappa shape index (κ2) is 7.76. The number of hydrogen-bond donors (Lipinski definition) is 0. The van der Waals surface area contributed by atoms with E-state index in [1.165, 1.54) is 11.3 Å². The Kier molecular flexibility index (Phi) is 5.03. The lowest BCUT2D eigenvalue weighted by atomic mass is 10.1. The zero-order valence-corrected chi connectivity index (χ0v) is 15.8. The van der Waals surface area contributed by atoms with Crippen molar-refractivity contribution >= 4 is 22.3 Å². The van der Waals surface area contributed by atoms with Crippen molar-refractivity contribution in [2.75, 3.05) is 6.61 Å². The SMILES string of the molecule is CCCCOc1ccc(-c2csc(-c3cc4ccccc4oc3=O)n2)cc1. The average molecular weight is 377 g/mol. The molecule has 5 heteroatoms. The van der Waals surface area contributed by atoms with Crippen LogP contribution in [0, 0.1) is 0 Å². The standard InChI is InChI=1S/C22H19NO3S/c1-2-3-12-25-17-10-8-15(9-11-17)19-14-27-21(23-19)18-13-16-6-4-5-7-20(16)26-22(18)24/h4-11,13-14H,2-3,12H2,1H3. The lowest BCUT2D eigenvalue weighted by Gasteiger charge is -2.05. The van der Waals surface area contributed by atoms with E-state index in [1.807, 2.05) is 53.9 Å². The topological polar surface area (TPSA) is 52.3 Å². The summed E-state index contributed by atoms with van der Waals surface area (Å²) in [4.78, 5) is 17.0. The summed E-state index contributed by atoms with van der Waals surface area (Å²) in [7, 11) is 0. The lowest BCUT2D eigenvalue weighted by molar-refractivity contribution is 0.309. The van der Waals surface area contributed by atoms with Crippen molar-refractivity contribution in [3.8, 4) is 27.6 Å². The van der Waals surface area contributed by atoms with Crippen LogP contribution in [0.25, 0.3) is 32.8 Å². The minimum Gasteiger partial charge on any atom is -0.494 e. The van der Waals surface area contributed by atoms with Gasteiger partial charge >= 0.3 is 5.63 Å². The summed E-state index contributed by atoms with van der Waals surface area (Å²) in [6.45, 7) is 2.87. The molecule has 0 saturated carbocycles. The zero-order chi connectivity index (χ0) is 18.6. The van der Waals surface area contributed by atoms with Gasteiger partial charge in [0.2, 0.25) is 0 Å². The van der Waals surface area contributed by atoms with Gasteiger partial charge in [0.1, 0.15) is 16.3 Å². The Morgan fingerprint density at radius 3 is 2.74 bits per heavy atom. The van der Waals surface area contributed by atoms with Crippen LogP contribution in [-0.4, -0.2) is 11.6 Å². The Balaban J connectivity index is 1.60. The molecule has 0 saturated heterocycles. The highest BCUT2D eigenvalue weighted by molar-refractivity contribution is 7.13. The van der Waals surface area contributed by atoms with Crippen LogP contribution in [-0.2, 0) is 0 Å². The molecule has 0 N–H and O–H groups in total. The summed E-state index contributed by atoms with van der Waals surface area (Å²) in [6, 6.07) is 17.2. The molecule has 136 valence electrons. The van der Waals surface area contributed by atoms with Crippen LogP contribution >= 0.6 is 11.3 Å². The number of benzene rings is 2. The Morgan fingerprint density at radius 2 is 1.93 bits per heavy atom. The summed E-state index contributed by atoms with van der Waals surface area (Å²) >= 11 is 1.44. The van der Waals surface area contributed by atoms with E-state index in [0.29, 0.717) is 16.2 Å². The second-order valence-electron chi connectivity index (χ2n) is 6.25. The van der Waals surface area contributed by atoms with Crippen molar-refractivity contribution in [3.63, 3.8) is 0 Å². The number of ether oxygens (including phenoxy) is 1. The van der Waals surface area contributed by atoms with Gasteiger partial charge in [-0.2, -0.15) is 0 Å². The van der Waals surface area contributed by atoms with Gasteiger partial charge in [0.25, 0.3) is 0 Å². The summed E-state index contributed by atoms with van der Waals surface area (Å²) in [5, 5.41) is 3.50. The van der Waals surface area contributed by atoms with Crippen LogP contribution in [0.3, 0.4) is 0 Å². The monoisotopic (exact) mass is 377 g/mol. The van der Waals surface area contributed by atoms with E-state index >= 15 is 0 Å². The first-order chi connectivity index (χ1) is 13.2. The first-order valence-corrected chi connectivity index (χ1v) is 9.84. The third kappa shape index (κ3) is 3.78. The average Bonchev–Trinajstić information content (AvgIpc) is 3.18. The van der Waals surface area contributed by atoms with E-state index in [9.17, 15) is 4.79 Å². The number of para-hydroxylation sites is 1. The molecule has 0 aliphatic heterocycles. The van der Waals surface area contributed by atoms with Gasteiger partial charge in [0, 0.05) is 16.3 Å². The molecule has 2 aromatic carbocycles. The van der Waals surface area contributed by atoms with Gasteiger partial charge in [-0.3, -0.25) is 0 Å². The van der Waals surface area contributed by atoms with E-state index in [0.717, 1.165) is 41.8 Å². The minimum absolute atomic E-state index is 0.366. The van der Waals surface area contributed by atoms with Crippen molar-refractivity contribution in [3.05, 3.63) is 70.4 Å². The minimum atomic E-state index is -0.366. The first kappa shape index (κ1) is 17.5. The van der Waals surface area contributed by atoms with Crippen LogP contribution in [0.4, 0.5) is 0 Å². The summed E-state index contributed by atoms with van der Waals surface area (Å²) in [5.74, 6) is 0.859. The fraction of sp³-hybridized carbons (Fsp3) is 0.182. The van der Waals surface area contributed by atoms with Crippen molar-refractivity contribution in [1.29, 1.82) is 0 Å². The predicted octanol–water partition coefficient (Wildman–Crippen LogP) is 5.76. The van der Waals surface area contributed by atoms with Crippen LogP contribution in [0.2, 0.25) is 0 Å². The highest BCUT2D eigenvalue weighted by atomic mass is 32.1. The Hall–Kier alpha value is -2.92. The quantitative estimate of drug-likeness (QED) is 0.316. The highest BCUT2D eigenvalue weighted by Gasteiger charge is 2.12. The normalized spacial score (nSPS) is 11.0. The fourth-order valence-electron chi connectivity index (χ4n) is 2.80. The van der Waals surface area contributed by atoms with Gasteiger partial charge in [-0.05, 0) is 42.8 Å². The Morgan fingerprint density at radius 1 is 1.11 bits per heavy atom. The van der Waals surface area contributed by atoms with Gasteiger partial charge in [-0.1, -0.05) is 31.5 Å². The van der Waals surface area contributed by atoms with E-state index in [4.69, 9.17) is 9.15 Å². The molecule has 0 spiro atoms. The molecule has 0 atom stereocenters. The molecule has 0 amide bonds. The molecule has 4 nitrogen and oxygen atoms in total. The molecule has 0 unspecified atom stereocenters. The zero-order valence-electron chi connectivity index (χ0n) is 15.0. The molecular formula is C22H19NO3S. The number of thiazole rings is 1. The molecular weight excluding hydrogens is 358 g/mol. The van der Waals surface area contributed by atoms with Crippen molar-refractivity contribution < 1.29 is 9.15 Å². The number of unbranched alkanes of at least 4 members (excludes halogenated alkanes) is 1. The molecule has 0 aliphatic carbocycles. The Labute approximate surface area is 161 Å². The second-order valence-corrected chi connectivity index (χ2v) is 7.11. The summed E-state index contributed by atoms with van der Waals surface area (Å²) in [6.07, 6.45) is 2.16. The van der Waals surface area contributed by atoms with E-state index in [2.05, 4.69) is 11.9 Å². The number of nitrogens with zero attached hydrogens (tertiary/aromatic N) is 1. The van der Waals surface area contributed by atoms with E-state index in [-0.39, 0.29) is 5.63 Å². The van der Waals surface area contributed by atoms with Gasteiger partial charge in [0.05, 0.1) is 17.9 Å². The van der Waals surface area contributed by atoms with Crippen molar-refractivity contribution in [1.82, 2.24) is 4.98 Å². The molecule has 4 aromatic rings. The van der Waals surface area contributed by atoms with Gasteiger partial charge in [0.15, 0.2) is 0 Å². The maximum Gasteiger partial charge on any atom is 0.346 e. The number of aromatic nitrogens is 1. The number of hydrogen-bond acceptors (Lipinski definition) is 5. The van der Waals surface area contributed by atoms with Crippen LogP contribution in [0.15, 0.2) is 69.2 Å². The molecule has 0 radical (unpaired) electrons. The maximum atomic E-state index is 12.3. The molecule has 0 bridgehead atoms. The van der Waals surface area contributed by atoms with Crippen LogP contribution in [0.5, 0.6) is 5.75 Å². The summed E-state index contributed by atoms with van der Waals surface area (Å²) < 4.78 is 11.1. The maximum absolute atomic E-state index is 12.3. The predicted molar refractivity (Wildman–Crippen MR) is 109 cm³/mol. The van der Waals surface area contributed by atoms with E-state index in [1.54, 1.807) is 6.07 Å². The molecule has 2 heterocycles. The smallest absolute Gasteiger partial charge is 0.346 e. The third-order valence-corrected chi connectivity index (χ3v) is 5.17. The largest absolute Gasteiger partial charge is 0.494 e. The highest BCUT2D eigenvalue weighted by Crippen LogP contribution is 2.29. The lowest BCUT2D eigenvalue weighted by Crippen LogP contribution is -2.02. The molecule has 0 fully saturated rings. The van der Waals surface area contributed by atoms with Crippen LogP contribution < -0.4 is 10.4 Å². The first-order valence-electron chi connectivity index (χ1n) is 8.96. The van der Waals surface area contributed by atoms with E-state index < -0.39 is 0 Å². The number of fused-ring (bicyclic) bond motifs is 1. The molecule has 0 aliphatic rings. The van der Waals surface area contributed by atoms with Crippen molar-refractivity contribution in [2.24, 2.45) is 0 Å². The molecule has 2 aromatic heterocycles. The molecule has 27 heavy (non-hydrogen) atoms. The van der Waals surface area contributed by atoms with Gasteiger partial charge in [-0.15, -0.1) is 11.3 Å². The number of rotatable bonds is 6. The summed E-state index contributed by atoms with van der Waals surface area (Å²) in [5.41, 5.74) is 2.54. The van der Waals surface area contributed by atoms with Crippen LogP contribution in [0.1, 0.15) is 19.8 Å².